The predicted molar refractivity (Wildman–Crippen MR) is 67.6 cm³/mol. The molecule has 0 aliphatic heterocycles. The number of aromatic nitrogens is 2. The average Bonchev–Trinajstić information content (AvgIpc) is 2.93. The molecule has 0 bridgehead atoms. The standard InChI is InChI=1S/C13H13N3O/c1-2-9-4-6-12(17-9)13-15-10-5-3-8(14)7-11(10)16-13/h3-7H,2,14H2,1H3,(H,15,16). The lowest BCUT2D eigenvalue weighted by Gasteiger charge is -1.90. The lowest BCUT2D eigenvalue weighted by Crippen LogP contribution is -1.82. The van der Waals surface area contributed by atoms with Crippen molar-refractivity contribution >= 4 is 16.7 Å². The van der Waals surface area contributed by atoms with E-state index in [1.165, 1.54) is 0 Å². The van der Waals surface area contributed by atoms with Gasteiger partial charge in [0.1, 0.15) is 5.76 Å². The summed E-state index contributed by atoms with van der Waals surface area (Å²) in [5.41, 5.74) is 8.27. The van der Waals surface area contributed by atoms with Gasteiger partial charge in [0, 0.05) is 12.1 Å². The van der Waals surface area contributed by atoms with Crippen molar-refractivity contribution in [3.05, 3.63) is 36.1 Å². The van der Waals surface area contributed by atoms with Crippen LogP contribution in [0.5, 0.6) is 0 Å². The number of nitrogens with zero attached hydrogens (tertiary/aromatic N) is 1. The topological polar surface area (TPSA) is 67.8 Å². The molecule has 0 radical (unpaired) electrons. The maximum absolute atomic E-state index is 5.73. The molecule has 0 unspecified atom stereocenters. The summed E-state index contributed by atoms with van der Waals surface area (Å²) in [5, 5.41) is 0. The Labute approximate surface area is 98.5 Å². The molecule has 1 aromatic carbocycles. The van der Waals surface area contributed by atoms with Crippen LogP contribution in [0.2, 0.25) is 0 Å². The quantitative estimate of drug-likeness (QED) is 0.661. The molecule has 3 aromatic rings. The zero-order chi connectivity index (χ0) is 11.8. The SMILES string of the molecule is CCc1ccc(-c2nc3ccc(N)cc3[nH]2)o1. The molecule has 3 N–H and O–H groups in total. The Hall–Kier alpha value is -2.23. The van der Waals surface area contributed by atoms with Crippen LogP contribution in [-0.2, 0) is 6.42 Å². The largest absolute Gasteiger partial charge is 0.458 e. The third-order valence-corrected chi connectivity index (χ3v) is 2.75. The van der Waals surface area contributed by atoms with Gasteiger partial charge in [-0.1, -0.05) is 6.92 Å². The van der Waals surface area contributed by atoms with Crippen molar-refractivity contribution in [2.45, 2.75) is 13.3 Å². The van der Waals surface area contributed by atoms with Crippen molar-refractivity contribution in [3.63, 3.8) is 0 Å². The molecular weight excluding hydrogens is 214 g/mol. The van der Waals surface area contributed by atoms with Gasteiger partial charge in [-0.3, -0.25) is 0 Å². The fourth-order valence-electron chi connectivity index (χ4n) is 1.84. The number of H-pyrrole nitrogens is 1. The van der Waals surface area contributed by atoms with Crippen LogP contribution in [-0.4, -0.2) is 9.97 Å². The van der Waals surface area contributed by atoms with Crippen LogP contribution in [0.4, 0.5) is 5.69 Å². The fourth-order valence-corrected chi connectivity index (χ4v) is 1.84. The number of hydrogen-bond acceptors (Lipinski definition) is 3. The maximum Gasteiger partial charge on any atom is 0.174 e. The number of aromatic amines is 1. The normalized spacial score (nSPS) is 11.1. The van der Waals surface area contributed by atoms with Crippen LogP contribution in [0.25, 0.3) is 22.6 Å². The van der Waals surface area contributed by atoms with Gasteiger partial charge in [-0.25, -0.2) is 4.98 Å². The van der Waals surface area contributed by atoms with Crippen LogP contribution in [0, 0.1) is 0 Å². The van der Waals surface area contributed by atoms with Crippen molar-refractivity contribution in [1.29, 1.82) is 0 Å². The molecule has 0 amide bonds. The van der Waals surface area contributed by atoms with Gasteiger partial charge in [-0.05, 0) is 30.3 Å². The highest BCUT2D eigenvalue weighted by Gasteiger charge is 2.09. The van der Waals surface area contributed by atoms with E-state index >= 15 is 0 Å². The highest BCUT2D eigenvalue weighted by atomic mass is 16.3. The fraction of sp³-hybridized carbons (Fsp3) is 0.154. The Morgan fingerprint density at radius 2 is 2.18 bits per heavy atom. The lowest BCUT2D eigenvalue weighted by molar-refractivity contribution is 0.526. The Kier molecular flexibility index (Phi) is 2.14. The first-order valence-corrected chi connectivity index (χ1v) is 5.60. The summed E-state index contributed by atoms with van der Waals surface area (Å²) in [5.74, 6) is 2.46. The number of imidazole rings is 1. The van der Waals surface area contributed by atoms with Gasteiger partial charge in [-0.15, -0.1) is 0 Å². The third kappa shape index (κ3) is 1.67. The Bertz CT molecular complexity index is 666. The smallest absolute Gasteiger partial charge is 0.174 e. The molecule has 0 fully saturated rings. The molecule has 0 saturated carbocycles. The van der Waals surface area contributed by atoms with E-state index in [0.717, 1.165) is 40.5 Å². The minimum absolute atomic E-state index is 0.724. The van der Waals surface area contributed by atoms with Gasteiger partial charge >= 0.3 is 0 Å². The lowest BCUT2D eigenvalue weighted by atomic mass is 10.3. The number of hydrogen-bond donors (Lipinski definition) is 2. The molecule has 3 rings (SSSR count). The van der Waals surface area contributed by atoms with E-state index in [0.29, 0.717) is 0 Å². The van der Waals surface area contributed by atoms with Gasteiger partial charge in [0.05, 0.1) is 11.0 Å². The van der Waals surface area contributed by atoms with Gasteiger partial charge < -0.3 is 15.1 Å². The van der Waals surface area contributed by atoms with Crippen LogP contribution < -0.4 is 5.73 Å². The van der Waals surface area contributed by atoms with Crippen LogP contribution in [0.15, 0.2) is 34.7 Å². The molecule has 2 heterocycles. The van der Waals surface area contributed by atoms with Gasteiger partial charge in [0.25, 0.3) is 0 Å². The molecule has 0 aliphatic carbocycles. The number of nitrogen functional groups attached to an aromatic ring is 1. The molecule has 4 nitrogen and oxygen atoms in total. The summed E-state index contributed by atoms with van der Waals surface area (Å²) in [6.45, 7) is 2.06. The zero-order valence-electron chi connectivity index (χ0n) is 9.53. The number of rotatable bonds is 2. The van der Waals surface area contributed by atoms with Crippen LogP contribution in [0.3, 0.4) is 0 Å². The second-order valence-electron chi connectivity index (χ2n) is 3.98. The molecule has 4 heteroatoms. The highest BCUT2D eigenvalue weighted by Crippen LogP contribution is 2.23. The van der Waals surface area contributed by atoms with Gasteiger partial charge in [0.15, 0.2) is 11.6 Å². The molecule has 2 aromatic heterocycles. The third-order valence-electron chi connectivity index (χ3n) is 2.75. The van der Waals surface area contributed by atoms with E-state index in [1.54, 1.807) is 0 Å². The molecule has 0 aliphatic rings. The number of fused-ring (bicyclic) bond motifs is 1. The van der Waals surface area contributed by atoms with Crippen molar-refractivity contribution in [3.8, 4) is 11.6 Å². The Morgan fingerprint density at radius 3 is 2.94 bits per heavy atom. The van der Waals surface area contributed by atoms with Crippen molar-refractivity contribution < 1.29 is 4.42 Å². The first kappa shape index (κ1) is 9.96. The average molecular weight is 227 g/mol. The predicted octanol–water partition coefficient (Wildman–Crippen LogP) is 2.97. The van der Waals surface area contributed by atoms with Gasteiger partial charge in [0.2, 0.25) is 0 Å². The maximum atomic E-state index is 5.73. The van der Waals surface area contributed by atoms with Gasteiger partial charge in [-0.2, -0.15) is 0 Å². The molecule has 86 valence electrons. The molecule has 0 spiro atoms. The monoisotopic (exact) mass is 227 g/mol. The Morgan fingerprint density at radius 1 is 1.29 bits per heavy atom. The van der Waals surface area contributed by atoms with E-state index in [4.69, 9.17) is 10.2 Å². The summed E-state index contributed by atoms with van der Waals surface area (Å²) >= 11 is 0. The van der Waals surface area contributed by atoms with Crippen molar-refractivity contribution in [1.82, 2.24) is 9.97 Å². The minimum Gasteiger partial charge on any atom is -0.458 e. The minimum atomic E-state index is 0.724. The summed E-state index contributed by atoms with van der Waals surface area (Å²) < 4.78 is 5.65. The molecule has 0 saturated heterocycles. The van der Waals surface area contributed by atoms with Crippen molar-refractivity contribution in [2.24, 2.45) is 0 Å². The van der Waals surface area contributed by atoms with E-state index in [2.05, 4.69) is 16.9 Å². The first-order valence-electron chi connectivity index (χ1n) is 5.60. The first-order chi connectivity index (χ1) is 8.26. The second kappa shape index (κ2) is 3.66. The number of furan rings is 1. The zero-order valence-corrected chi connectivity index (χ0v) is 9.53. The van der Waals surface area contributed by atoms with E-state index in [1.807, 2.05) is 30.3 Å². The van der Waals surface area contributed by atoms with Crippen molar-refractivity contribution in [2.75, 3.05) is 5.73 Å². The van der Waals surface area contributed by atoms with E-state index < -0.39 is 0 Å². The van der Waals surface area contributed by atoms with Crippen LogP contribution >= 0.6 is 0 Å². The summed E-state index contributed by atoms with van der Waals surface area (Å²) in [7, 11) is 0. The second-order valence-corrected chi connectivity index (χ2v) is 3.98. The van der Waals surface area contributed by atoms with E-state index in [-0.39, 0.29) is 0 Å². The number of benzene rings is 1. The number of nitrogens with two attached hydrogens (primary N) is 1. The Balaban J connectivity index is 2.11. The molecular formula is C13H13N3O. The number of nitrogens with one attached hydrogen (secondary N) is 1. The van der Waals surface area contributed by atoms with E-state index in [9.17, 15) is 0 Å². The highest BCUT2D eigenvalue weighted by molar-refractivity contribution is 5.81. The molecule has 17 heavy (non-hydrogen) atoms. The number of aryl methyl sites for hydroxylation is 1. The summed E-state index contributed by atoms with van der Waals surface area (Å²) in [6.07, 6.45) is 0.882. The summed E-state index contributed by atoms with van der Waals surface area (Å²) in [4.78, 5) is 7.67. The summed E-state index contributed by atoms with van der Waals surface area (Å²) in [6, 6.07) is 9.51. The van der Waals surface area contributed by atoms with Crippen LogP contribution in [0.1, 0.15) is 12.7 Å². The number of anilines is 1. The molecule has 0 atom stereocenters.